The van der Waals surface area contributed by atoms with Gasteiger partial charge in [-0.25, -0.2) is 0 Å². The zero-order valence-electron chi connectivity index (χ0n) is 22.1. The number of rotatable bonds is 17. The quantitative estimate of drug-likeness (QED) is 0.238. The lowest BCUT2D eigenvalue weighted by Crippen LogP contribution is -2.06. The second-order valence-electron chi connectivity index (χ2n) is 10.2. The monoisotopic (exact) mass is 450 g/mol. The molecule has 2 rings (SSSR count). The van der Waals surface area contributed by atoms with Gasteiger partial charge in [-0.1, -0.05) is 129 Å². The summed E-state index contributed by atoms with van der Waals surface area (Å²) < 4.78 is 0. The van der Waals surface area contributed by atoms with E-state index in [0.29, 0.717) is 11.7 Å². The number of aryl methyl sites for hydroxylation is 1. The molecule has 0 amide bonds. The first-order chi connectivity index (χ1) is 16.1. The van der Waals surface area contributed by atoms with E-state index in [1.54, 1.807) is 0 Å². The van der Waals surface area contributed by atoms with Gasteiger partial charge in [-0.05, 0) is 59.9 Å². The van der Waals surface area contributed by atoms with Crippen LogP contribution in [0, 0.1) is 0 Å². The smallest absolute Gasteiger partial charge is 0.123 e. The van der Waals surface area contributed by atoms with Crippen molar-refractivity contribution >= 4 is 0 Å². The lowest BCUT2D eigenvalue weighted by molar-refractivity contribution is 0.474. The molecular formula is C32H50O. The van der Waals surface area contributed by atoms with E-state index in [9.17, 15) is 5.11 Å². The van der Waals surface area contributed by atoms with E-state index in [2.05, 4.69) is 64.1 Å². The van der Waals surface area contributed by atoms with E-state index in [1.807, 2.05) is 0 Å². The zero-order valence-corrected chi connectivity index (χ0v) is 22.1. The van der Waals surface area contributed by atoms with Gasteiger partial charge in [0.1, 0.15) is 5.75 Å². The van der Waals surface area contributed by atoms with Gasteiger partial charge in [-0.15, -0.1) is 0 Å². The van der Waals surface area contributed by atoms with E-state index >= 15 is 0 Å². The van der Waals surface area contributed by atoms with Crippen molar-refractivity contribution in [2.45, 2.75) is 130 Å². The van der Waals surface area contributed by atoms with Gasteiger partial charge in [0, 0.05) is 5.56 Å². The molecule has 0 aromatic heterocycles. The molecule has 0 aliphatic rings. The summed E-state index contributed by atoms with van der Waals surface area (Å²) in [6.07, 6.45) is 19.7. The van der Waals surface area contributed by atoms with Crippen LogP contribution in [-0.2, 0) is 12.8 Å². The number of benzene rings is 2. The first-order valence-electron chi connectivity index (χ1n) is 14.0. The highest BCUT2D eigenvalue weighted by Crippen LogP contribution is 2.41. The number of aromatic hydroxyl groups is 1. The number of hydrogen-bond acceptors (Lipinski definition) is 1. The van der Waals surface area contributed by atoms with Crippen molar-refractivity contribution < 1.29 is 5.11 Å². The molecule has 0 saturated heterocycles. The Hall–Kier alpha value is -1.76. The lowest BCUT2D eigenvalue weighted by atomic mass is 9.82. The van der Waals surface area contributed by atoms with Crippen molar-refractivity contribution in [2.24, 2.45) is 0 Å². The molecule has 0 spiro atoms. The van der Waals surface area contributed by atoms with Crippen LogP contribution in [0.2, 0.25) is 0 Å². The fraction of sp³-hybridized carbons (Fsp3) is 0.625. The van der Waals surface area contributed by atoms with E-state index in [0.717, 1.165) is 24.0 Å². The van der Waals surface area contributed by atoms with E-state index in [1.165, 1.54) is 100 Å². The third kappa shape index (κ3) is 9.19. The molecule has 2 aromatic rings. The van der Waals surface area contributed by atoms with E-state index in [4.69, 9.17) is 0 Å². The van der Waals surface area contributed by atoms with E-state index < -0.39 is 0 Å². The molecule has 0 unspecified atom stereocenters. The van der Waals surface area contributed by atoms with Crippen molar-refractivity contribution in [3.63, 3.8) is 0 Å². The first kappa shape index (κ1) is 27.5. The van der Waals surface area contributed by atoms with Gasteiger partial charge in [0.05, 0.1) is 0 Å². The van der Waals surface area contributed by atoms with E-state index in [-0.39, 0.29) is 0 Å². The van der Waals surface area contributed by atoms with Crippen LogP contribution >= 0.6 is 0 Å². The zero-order chi connectivity index (χ0) is 23.9. The van der Waals surface area contributed by atoms with Gasteiger partial charge in [-0.2, -0.15) is 0 Å². The molecule has 0 bridgehead atoms. The number of phenolic OH excluding ortho intramolecular Hbond substituents is 1. The van der Waals surface area contributed by atoms with Crippen LogP contribution in [0.15, 0.2) is 36.4 Å². The molecule has 0 radical (unpaired) electrons. The van der Waals surface area contributed by atoms with Gasteiger partial charge < -0.3 is 5.11 Å². The maximum atomic E-state index is 11.1. The summed E-state index contributed by atoms with van der Waals surface area (Å²) >= 11 is 0. The summed E-state index contributed by atoms with van der Waals surface area (Å²) in [6.45, 7) is 9.13. The van der Waals surface area contributed by atoms with Gasteiger partial charge in [0.25, 0.3) is 0 Å². The maximum Gasteiger partial charge on any atom is 0.123 e. The fourth-order valence-electron chi connectivity index (χ4n) is 5.20. The molecule has 0 atom stereocenters. The topological polar surface area (TPSA) is 20.2 Å². The number of phenols is 1. The molecule has 0 heterocycles. The van der Waals surface area contributed by atoms with Crippen LogP contribution in [0.5, 0.6) is 5.75 Å². The first-order valence-corrected chi connectivity index (χ1v) is 14.0. The van der Waals surface area contributed by atoms with Crippen LogP contribution in [0.25, 0.3) is 11.1 Å². The average Bonchev–Trinajstić information content (AvgIpc) is 2.81. The Balaban J connectivity index is 2.11. The molecule has 2 aromatic carbocycles. The van der Waals surface area contributed by atoms with Crippen molar-refractivity contribution in [3.05, 3.63) is 53.1 Å². The average molecular weight is 451 g/mol. The molecule has 1 nitrogen and oxygen atoms in total. The Morgan fingerprint density at radius 3 is 1.76 bits per heavy atom. The Morgan fingerprint density at radius 2 is 1.18 bits per heavy atom. The highest BCUT2D eigenvalue weighted by atomic mass is 16.3. The summed E-state index contributed by atoms with van der Waals surface area (Å²) in [7, 11) is 0. The number of unbranched alkanes of at least 4 members (excludes halogenated alkanes) is 11. The summed E-state index contributed by atoms with van der Waals surface area (Å²) in [5.74, 6) is 0.860. The molecule has 1 N–H and O–H groups in total. The molecule has 0 fully saturated rings. The van der Waals surface area contributed by atoms with Crippen LogP contribution in [-0.4, -0.2) is 5.11 Å². The maximum absolute atomic E-state index is 11.1. The Morgan fingerprint density at radius 1 is 0.667 bits per heavy atom. The highest BCUT2D eigenvalue weighted by Gasteiger charge is 2.21. The van der Waals surface area contributed by atoms with Crippen molar-refractivity contribution in [3.8, 4) is 16.9 Å². The standard InChI is InChI=1S/C32H50O/c1-5-7-9-10-11-12-13-14-15-20-24-29-28(23-17-8-6-2)25-30(33)32(31(29)26(3)4)27-21-18-16-19-22-27/h16,18-19,21-22,25-26,33H,5-15,17,20,23-24H2,1-4H3. The largest absolute Gasteiger partial charge is 0.507 e. The third-order valence-corrected chi connectivity index (χ3v) is 7.02. The highest BCUT2D eigenvalue weighted by molar-refractivity contribution is 5.76. The van der Waals surface area contributed by atoms with Gasteiger partial charge in [0.2, 0.25) is 0 Å². The predicted molar refractivity (Wildman–Crippen MR) is 146 cm³/mol. The summed E-state index contributed by atoms with van der Waals surface area (Å²) in [4.78, 5) is 0. The second kappa shape index (κ2) is 16.0. The van der Waals surface area contributed by atoms with Gasteiger partial charge in [0.15, 0.2) is 0 Å². The minimum absolute atomic E-state index is 0.398. The molecular weight excluding hydrogens is 400 g/mol. The predicted octanol–water partition coefficient (Wildman–Crippen LogP) is 10.4. The van der Waals surface area contributed by atoms with Crippen molar-refractivity contribution in [1.82, 2.24) is 0 Å². The normalized spacial score (nSPS) is 11.4. The fourth-order valence-corrected chi connectivity index (χ4v) is 5.20. The molecule has 184 valence electrons. The summed E-state index contributed by atoms with van der Waals surface area (Å²) in [5, 5.41) is 11.1. The molecule has 0 aliphatic heterocycles. The van der Waals surface area contributed by atoms with Crippen molar-refractivity contribution in [2.75, 3.05) is 0 Å². The third-order valence-electron chi connectivity index (χ3n) is 7.02. The molecule has 1 heteroatoms. The summed E-state index contributed by atoms with van der Waals surface area (Å²) in [6, 6.07) is 12.6. The SMILES string of the molecule is CCCCCCCCCCCCc1c(CCCCC)cc(O)c(-c2ccccc2)c1C(C)C. The Kier molecular flexibility index (Phi) is 13.3. The summed E-state index contributed by atoms with van der Waals surface area (Å²) in [5.41, 5.74) is 6.50. The Labute approximate surface area is 205 Å². The second-order valence-corrected chi connectivity index (χ2v) is 10.2. The molecule has 0 saturated carbocycles. The van der Waals surface area contributed by atoms with Gasteiger partial charge in [-0.3, -0.25) is 0 Å². The van der Waals surface area contributed by atoms with Crippen molar-refractivity contribution in [1.29, 1.82) is 0 Å². The van der Waals surface area contributed by atoms with Crippen LogP contribution < -0.4 is 0 Å². The van der Waals surface area contributed by atoms with Crippen LogP contribution in [0.1, 0.15) is 134 Å². The van der Waals surface area contributed by atoms with Crippen LogP contribution in [0.4, 0.5) is 0 Å². The lowest BCUT2D eigenvalue weighted by Gasteiger charge is -2.23. The van der Waals surface area contributed by atoms with Crippen LogP contribution in [0.3, 0.4) is 0 Å². The minimum atomic E-state index is 0.398. The minimum Gasteiger partial charge on any atom is -0.507 e. The molecule has 0 aliphatic carbocycles. The van der Waals surface area contributed by atoms with Gasteiger partial charge >= 0.3 is 0 Å². The number of hydrogen-bond donors (Lipinski definition) is 1. The molecule has 33 heavy (non-hydrogen) atoms. The Bertz CT molecular complexity index is 775.